The van der Waals surface area contributed by atoms with Gasteiger partial charge in [0.05, 0.1) is 0 Å². The molecule has 0 aromatic rings. The average molecular weight is 1760 g/mol. The normalized spacial score (nSPS) is 0. The molecule has 0 bridgehead atoms. The zero-order valence-electron chi connectivity index (χ0n) is 12.4. The van der Waals surface area contributed by atoms with Crippen molar-refractivity contribution in [2.24, 2.45) is 0 Å². The Bertz CT molecular complexity index is 11.5. The molecule has 0 heterocycles. The molecular weight excluding hydrogens is 1750 g/mol. The van der Waals surface area contributed by atoms with Crippen LogP contribution in [0.3, 0.4) is 0 Å². The van der Waals surface area contributed by atoms with E-state index in [2.05, 4.69) is 0 Å². The van der Waals surface area contributed by atoms with Crippen molar-refractivity contribution in [1.82, 2.24) is 0 Å². The molecule has 0 atom stereocenters. The van der Waals surface area contributed by atoms with Gasteiger partial charge in [0.15, 0.2) is 0 Å². The van der Waals surface area contributed by atoms with E-state index >= 15 is 0 Å². The zero-order chi connectivity index (χ0) is 0. The maximum absolute atomic E-state index is 0. The van der Waals surface area contributed by atoms with E-state index in [1.807, 2.05) is 0 Å². The van der Waals surface area contributed by atoms with E-state index in [0.717, 1.165) is 0 Å². The molecule has 0 nitrogen and oxygen atoms in total. The summed E-state index contributed by atoms with van der Waals surface area (Å²) in [4.78, 5) is 0. The number of hydrogen-bond acceptors (Lipinski definition) is 0. The zero-order valence-corrected chi connectivity index (χ0v) is 67.7. The second-order valence-electron chi connectivity index (χ2n) is 0. The van der Waals surface area contributed by atoms with Crippen LogP contribution in [0.25, 0.3) is 0 Å². The third-order valence-electron chi connectivity index (χ3n) is 0. The predicted octanol–water partition coefficient (Wildman–Crippen LogP) is 0.400. The third kappa shape index (κ3) is 140. The van der Waals surface area contributed by atoms with E-state index in [-0.39, 0.29) is 647 Å². The number of hydrogen-bond donors (Lipinski definition) is 0. The first kappa shape index (κ1) is 158. The van der Waals surface area contributed by atoms with Crippen molar-refractivity contribution in [3.63, 3.8) is 0 Å². The summed E-state index contributed by atoms with van der Waals surface area (Å²) < 4.78 is 0. The molecule has 0 aromatic carbocycles. The van der Waals surface area contributed by atoms with Crippen LogP contribution in [0.4, 0.5) is 0 Å². The fourth-order valence-electron chi connectivity index (χ4n) is 0. The quantitative estimate of drug-likeness (QED) is 0.309. The van der Waals surface area contributed by atoms with Crippen LogP contribution in [0.1, 0.15) is 0 Å². The van der Waals surface area contributed by atoms with Crippen molar-refractivity contribution >= 4 is 0 Å². The first-order chi connectivity index (χ1) is 0. The summed E-state index contributed by atoms with van der Waals surface area (Å²) >= 11 is 0. The van der Waals surface area contributed by atoms with Crippen molar-refractivity contribution in [3.05, 3.63) is 7.43 Å². The molecule has 20 radical (unpaired) electrons. The fourth-order valence-corrected chi connectivity index (χ4v) is 0. The molecule has 0 rings (SSSR count). The molecule has 0 spiro atoms. The van der Waals surface area contributed by atoms with Crippen LogP contribution >= 0.6 is 0 Å². The molecule has 0 fully saturated rings. The van der Waals surface area contributed by atoms with E-state index < -0.39 is 0 Å². The van der Waals surface area contributed by atoms with Crippen LogP contribution in [0, 0.1) is 7.43 Å². The van der Waals surface area contributed by atoms with Gasteiger partial charge in [-0.1, -0.05) is 0 Å². The van der Waals surface area contributed by atoms with Gasteiger partial charge in [-0.05, 0) is 0 Å². The molecule has 21 heavy (non-hydrogen) atoms. The molecule has 0 aliphatic rings. The molecule has 0 N–H and O–H groups in total. The summed E-state index contributed by atoms with van der Waals surface area (Å²) in [5.41, 5.74) is 0. The van der Waals surface area contributed by atoms with Gasteiger partial charge in [0, 0.05) is 640 Å². The Kier molecular flexibility index (Phi) is 1110. The molecule has 0 saturated heterocycles. The van der Waals surface area contributed by atoms with Gasteiger partial charge in [0.25, 0.3) is 0 Å². The Morgan fingerprint density at radius 3 is 0.143 bits per heavy atom. The monoisotopic (exact) mass is 1760 g/mol. The van der Waals surface area contributed by atoms with E-state index in [0.29, 0.717) is 0 Å². The van der Waals surface area contributed by atoms with E-state index in [1.165, 1.54) is 0 Å². The van der Waals surface area contributed by atoms with Gasteiger partial charge in [-0.2, -0.15) is 0 Å². The molecule has 0 aromatic heterocycles. The summed E-state index contributed by atoms with van der Waals surface area (Å²) in [7, 11) is 0. The fraction of sp³-hybridized carbons (Fsp3) is 0. The first-order valence-electron chi connectivity index (χ1n) is 0. The Balaban J connectivity index is 0. The third-order valence-corrected chi connectivity index (χ3v) is 0. The minimum Gasteiger partial charge on any atom is -0.358 e. The van der Waals surface area contributed by atoms with Gasteiger partial charge < -0.3 is 7.43 Å². The maximum Gasteiger partial charge on any atom is 0 e. The van der Waals surface area contributed by atoms with Crippen molar-refractivity contribution in [2.75, 3.05) is 0 Å². The number of rotatable bonds is 0. The van der Waals surface area contributed by atoms with E-state index in [4.69, 9.17) is 0 Å². The molecule has 0 saturated carbocycles. The minimum atomic E-state index is 0. The van der Waals surface area contributed by atoms with Crippen molar-refractivity contribution in [3.8, 4) is 0 Å². The molecule has 0 aliphatic heterocycles. The van der Waals surface area contributed by atoms with Gasteiger partial charge in [-0.3, -0.25) is 0 Å². The molecular formula is CH3VY19-. The second kappa shape index (κ2) is 147. The van der Waals surface area contributed by atoms with E-state index in [1.54, 1.807) is 0 Å². The Morgan fingerprint density at radius 1 is 0.143 bits per heavy atom. The average Bonchev–Trinajstić information content (AvgIpc) is 0. The smallest absolute Gasteiger partial charge is 0 e. The Hall–Kier alpha value is 21.6. The topological polar surface area (TPSA) is 0 Å². The minimum absolute atomic E-state index is 0. The van der Waals surface area contributed by atoms with Gasteiger partial charge in [-0.15, -0.1) is 0 Å². The maximum atomic E-state index is 0. The van der Waals surface area contributed by atoms with Crippen LogP contribution in [0.2, 0.25) is 0 Å². The molecule has 20 heteroatoms. The Morgan fingerprint density at radius 2 is 0.143 bits per heavy atom. The summed E-state index contributed by atoms with van der Waals surface area (Å²) in [6.45, 7) is 0. The van der Waals surface area contributed by atoms with E-state index in [9.17, 15) is 0 Å². The van der Waals surface area contributed by atoms with Gasteiger partial charge in [-0.25, -0.2) is 0 Å². The second-order valence-corrected chi connectivity index (χ2v) is 0. The van der Waals surface area contributed by atoms with Crippen LogP contribution < -0.4 is 0 Å². The predicted molar refractivity (Wildman–Crippen MR) is 6.41 cm³/mol. The van der Waals surface area contributed by atoms with Crippen molar-refractivity contribution < 1.29 is 640 Å². The van der Waals surface area contributed by atoms with Gasteiger partial charge in [0.2, 0.25) is 0 Å². The van der Waals surface area contributed by atoms with Gasteiger partial charge in [0.1, 0.15) is 0 Å². The standard InChI is InChI=1S/CH3.V.19Y/h1H3;;;;;;;;;;;;;;;;;;;;/q-1;;;;;;;;;;;;;;;;;;;;. The summed E-state index contributed by atoms with van der Waals surface area (Å²) in [5, 5.41) is 0. The van der Waals surface area contributed by atoms with Crippen LogP contribution in [0.5, 0.6) is 0 Å². The molecule has 70 valence electrons. The molecule has 0 unspecified atom stereocenters. The summed E-state index contributed by atoms with van der Waals surface area (Å²) in [6.07, 6.45) is 0. The largest absolute Gasteiger partial charge is 0.358 e. The van der Waals surface area contributed by atoms with Gasteiger partial charge >= 0.3 is 0 Å². The van der Waals surface area contributed by atoms with Crippen LogP contribution in [0.15, 0.2) is 0 Å². The molecule has 0 amide bonds. The Labute approximate surface area is 623 Å². The van der Waals surface area contributed by atoms with Crippen LogP contribution in [-0.4, -0.2) is 0 Å². The summed E-state index contributed by atoms with van der Waals surface area (Å²) in [6, 6.07) is 0. The summed E-state index contributed by atoms with van der Waals surface area (Å²) in [5.74, 6) is 0. The van der Waals surface area contributed by atoms with Crippen molar-refractivity contribution in [1.29, 1.82) is 0 Å². The first-order valence-corrected chi connectivity index (χ1v) is 0. The van der Waals surface area contributed by atoms with Crippen LogP contribution in [-0.2, 0) is 640 Å². The molecule has 0 aliphatic carbocycles. The SMILES string of the molecule is [CH3-].[V].[Y].[Y].[Y].[Y].[Y].[Y].[Y].[Y].[Y].[Y].[Y].[Y].[Y].[Y].[Y].[Y].[Y].[Y].[Y]. The van der Waals surface area contributed by atoms with Crippen molar-refractivity contribution in [2.45, 2.75) is 0 Å².